The largest absolute Gasteiger partial charge is 0.462 e. The van der Waals surface area contributed by atoms with Crippen molar-refractivity contribution >= 4 is 18.0 Å². The summed E-state index contributed by atoms with van der Waals surface area (Å²) < 4.78 is 22.6. The molecule has 0 aliphatic carbocycles. The van der Waals surface area contributed by atoms with Crippen LogP contribution in [0.2, 0.25) is 0 Å². The van der Waals surface area contributed by atoms with Gasteiger partial charge in [0.1, 0.15) is 24.2 Å². The van der Waals surface area contributed by atoms with Gasteiger partial charge < -0.3 is 18.6 Å². The molecule has 3 heterocycles. The standard InChI is InChI=1S/C34H45NO6/c1-23-10-7-13-26(4)32-19-28(20-34(37)41-32)14-9-15-33(36)40-30(17-16-23)21-31(38-6)25(3)12-8-11-24(2)18-29-22-39-27(5)35-29/h7-13,15,18,22,26,28,30-32H,14,16-17,19-21H2,1-6H3/b11-8+,13-7+,15-9+,23-10+,24-18+,25-12+/t26?,28-,30?,31?,32-/m1/s1. The van der Waals surface area contributed by atoms with Gasteiger partial charge in [0.2, 0.25) is 0 Å². The van der Waals surface area contributed by atoms with Gasteiger partial charge in [0.05, 0.1) is 6.10 Å². The summed E-state index contributed by atoms with van der Waals surface area (Å²) in [4.78, 5) is 29.3. The molecule has 1 aromatic rings. The van der Waals surface area contributed by atoms with Crippen LogP contribution in [0.25, 0.3) is 6.08 Å². The minimum atomic E-state index is -0.368. The summed E-state index contributed by atoms with van der Waals surface area (Å²) in [6.07, 6.45) is 22.3. The molecule has 3 unspecified atom stereocenters. The molecule has 0 spiro atoms. The van der Waals surface area contributed by atoms with Gasteiger partial charge in [0, 0.05) is 38.9 Å². The highest BCUT2D eigenvalue weighted by Gasteiger charge is 2.30. The van der Waals surface area contributed by atoms with Crippen molar-refractivity contribution in [2.75, 3.05) is 7.11 Å². The highest BCUT2D eigenvalue weighted by atomic mass is 16.5. The van der Waals surface area contributed by atoms with Crippen LogP contribution in [0.15, 0.2) is 76.0 Å². The molecule has 0 N–H and O–H groups in total. The molecular formula is C34H45NO6. The first-order valence-electron chi connectivity index (χ1n) is 14.5. The Bertz CT molecular complexity index is 1210. The Morgan fingerprint density at radius 1 is 1.22 bits per heavy atom. The van der Waals surface area contributed by atoms with Crippen LogP contribution in [0, 0.1) is 18.8 Å². The Balaban J connectivity index is 1.70. The summed E-state index contributed by atoms with van der Waals surface area (Å²) in [5, 5.41) is 0. The number of carbonyl (C=O) groups is 2. The quantitative estimate of drug-likeness (QED) is 0.252. The number of hydrogen-bond donors (Lipinski definition) is 0. The Labute approximate surface area is 244 Å². The first kappa shape index (κ1) is 32.1. The van der Waals surface area contributed by atoms with E-state index < -0.39 is 0 Å². The molecule has 1 aromatic heterocycles. The molecule has 5 atom stereocenters. The van der Waals surface area contributed by atoms with E-state index in [0.29, 0.717) is 31.6 Å². The number of hydrogen-bond acceptors (Lipinski definition) is 7. The van der Waals surface area contributed by atoms with Crippen LogP contribution in [0.4, 0.5) is 0 Å². The first-order chi connectivity index (χ1) is 19.6. The van der Waals surface area contributed by atoms with E-state index in [1.807, 2.05) is 57.2 Å². The van der Waals surface area contributed by atoms with Crippen LogP contribution in [-0.4, -0.2) is 42.3 Å². The third kappa shape index (κ3) is 11.2. The fourth-order valence-corrected chi connectivity index (χ4v) is 5.08. The van der Waals surface area contributed by atoms with Gasteiger partial charge in [-0.05, 0) is 69.6 Å². The number of allylic oxidation sites excluding steroid dienone is 8. The summed E-state index contributed by atoms with van der Waals surface area (Å²) in [6, 6.07) is 0. The van der Waals surface area contributed by atoms with Crippen molar-refractivity contribution in [2.24, 2.45) is 11.8 Å². The van der Waals surface area contributed by atoms with Crippen LogP contribution in [0.3, 0.4) is 0 Å². The number of oxazole rings is 1. The topological polar surface area (TPSA) is 87.9 Å². The van der Waals surface area contributed by atoms with Crippen molar-refractivity contribution in [3.05, 3.63) is 83.2 Å². The van der Waals surface area contributed by atoms with Crippen LogP contribution in [-0.2, 0) is 23.8 Å². The number of aromatic nitrogens is 1. The predicted octanol–water partition coefficient (Wildman–Crippen LogP) is 7.41. The number of aryl methyl sites for hydroxylation is 1. The number of carbonyl (C=O) groups excluding carboxylic acids is 2. The van der Waals surface area contributed by atoms with Gasteiger partial charge in [-0.15, -0.1) is 0 Å². The Kier molecular flexibility index (Phi) is 12.6. The molecule has 2 aliphatic rings. The lowest BCUT2D eigenvalue weighted by Crippen LogP contribution is -2.33. The lowest BCUT2D eigenvalue weighted by Gasteiger charge is -2.31. The van der Waals surface area contributed by atoms with Crippen LogP contribution in [0.1, 0.15) is 77.8 Å². The monoisotopic (exact) mass is 563 g/mol. The van der Waals surface area contributed by atoms with Crippen LogP contribution >= 0.6 is 0 Å². The van der Waals surface area contributed by atoms with Gasteiger partial charge in [-0.1, -0.05) is 55.0 Å². The Hall–Kier alpha value is -3.45. The Morgan fingerprint density at radius 2 is 2.02 bits per heavy atom. The molecule has 1 saturated heterocycles. The second-order valence-corrected chi connectivity index (χ2v) is 11.2. The first-order valence-corrected chi connectivity index (χ1v) is 14.5. The van der Waals surface area contributed by atoms with Gasteiger partial charge in [0.15, 0.2) is 5.89 Å². The normalized spacial score (nSPS) is 28.9. The second-order valence-electron chi connectivity index (χ2n) is 11.2. The van der Waals surface area contributed by atoms with E-state index in [2.05, 4.69) is 31.0 Å². The van der Waals surface area contributed by atoms with E-state index in [-0.39, 0.29) is 42.1 Å². The van der Waals surface area contributed by atoms with E-state index in [0.717, 1.165) is 29.7 Å². The van der Waals surface area contributed by atoms with Crippen molar-refractivity contribution in [2.45, 2.75) is 91.5 Å². The molecule has 1 fully saturated rings. The van der Waals surface area contributed by atoms with Crippen molar-refractivity contribution in [1.82, 2.24) is 4.98 Å². The molecule has 3 rings (SSSR count). The zero-order chi connectivity index (χ0) is 29.8. The molecular weight excluding hydrogens is 518 g/mol. The number of fused-ring (bicyclic) bond motifs is 2. The lowest BCUT2D eigenvalue weighted by molar-refractivity contribution is -0.158. The van der Waals surface area contributed by atoms with Gasteiger partial charge in [-0.2, -0.15) is 0 Å². The highest BCUT2D eigenvalue weighted by molar-refractivity contribution is 5.82. The fourth-order valence-electron chi connectivity index (χ4n) is 5.08. The van der Waals surface area contributed by atoms with E-state index >= 15 is 0 Å². The van der Waals surface area contributed by atoms with Crippen LogP contribution < -0.4 is 0 Å². The molecule has 2 bridgehead atoms. The number of ether oxygens (including phenoxy) is 3. The van der Waals surface area contributed by atoms with Gasteiger partial charge in [-0.25, -0.2) is 9.78 Å². The van der Waals surface area contributed by atoms with Gasteiger partial charge in [0.25, 0.3) is 0 Å². The zero-order valence-electron chi connectivity index (χ0n) is 25.3. The zero-order valence-corrected chi connectivity index (χ0v) is 25.3. The molecule has 0 radical (unpaired) electrons. The molecule has 222 valence electrons. The SMILES string of the molecule is COC(CC1CC/C(C)=C/C=C/C(C)[C@H]2C[C@@H](C/C=C/C(=O)O1)CC(=O)O2)/C(C)=C/C=C/C(C)=C/c1coc(C)n1. The van der Waals surface area contributed by atoms with Crippen molar-refractivity contribution in [3.63, 3.8) is 0 Å². The highest BCUT2D eigenvalue weighted by Crippen LogP contribution is 2.29. The van der Waals surface area contributed by atoms with E-state index in [4.69, 9.17) is 18.6 Å². The van der Waals surface area contributed by atoms with E-state index in [1.54, 1.807) is 13.4 Å². The predicted molar refractivity (Wildman–Crippen MR) is 161 cm³/mol. The fraction of sp³-hybridized carbons (Fsp3) is 0.500. The average molecular weight is 564 g/mol. The number of rotatable bonds is 7. The van der Waals surface area contributed by atoms with Crippen molar-refractivity contribution in [1.29, 1.82) is 0 Å². The lowest BCUT2D eigenvalue weighted by atomic mass is 9.87. The third-order valence-electron chi connectivity index (χ3n) is 7.55. The summed E-state index contributed by atoms with van der Waals surface area (Å²) in [5.41, 5.74) is 4.05. The van der Waals surface area contributed by atoms with Crippen LogP contribution in [0.5, 0.6) is 0 Å². The maximum absolute atomic E-state index is 12.8. The maximum Gasteiger partial charge on any atom is 0.330 e. The van der Waals surface area contributed by atoms with Gasteiger partial charge in [-0.3, -0.25) is 4.79 Å². The van der Waals surface area contributed by atoms with E-state index in [9.17, 15) is 9.59 Å². The number of methoxy groups -OCH3 is 1. The molecule has 7 heteroatoms. The summed E-state index contributed by atoms with van der Waals surface area (Å²) in [6.45, 7) is 10.0. The summed E-state index contributed by atoms with van der Waals surface area (Å²) in [5.74, 6) is 0.372. The minimum absolute atomic E-state index is 0.123. The summed E-state index contributed by atoms with van der Waals surface area (Å²) in [7, 11) is 1.68. The molecule has 0 amide bonds. The molecule has 41 heavy (non-hydrogen) atoms. The minimum Gasteiger partial charge on any atom is -0.462 e. The number of esters is 2. The third-order valence-corrected chi connectivity index (χ3v) is 7.55. The van der Waals surface area contributed by atoms with Gasteiger partial charge >= 0.3 is 11.9 Å². The van der Waals surface area contributed by atoms with Crippen molar-refractivity contribution in [3.8, 4) is 0 Å². The van der Waals surface area contributed by atoms with E-state index in [1.165, 1.54) is 11.6 Å². The molecule has 7 nitrogen and oxygen atoms in total. The summed E-state index contributed by atoms with van der Waals surface area (Å²) >= 11 is 0. The average Bonchev–Trinajstić information content (AvgIpc) is 3.33. The molecule has 2 aliphatic heterocycles. The number of cyclic esters (lactones) is 1. The Morgan fingerprint density at radius 3 is 2.76 bits per heavy atom. The second kappa shape index (κ2) is 16.1. The van der Waals surface area contributed by atoms with Crippen molar-refractivity contribution < 1.29 is 28.2 Å². The maximum atomic E-state index is 12.8. The number of nitrogens with zero attached hydrogens (tertiary/aromatic N) is 1. The molecule has 0 saturated carbocycles. The smallest absolute Gasteiger partial charge is 0.330 e. The molecule has 0 aromatic carbocycles.